The zero-order valence-corrected chi connectivity index (χ0v) is 12.9. The van der Waals surface area contributed by atoms with Crippen molar-refractivity contribution in [3.8, 4) is 17.2 Å². The van der Waals surface area contributed by atoms with Crippen molar-refractivity contribution in [1.82, 2.24) is 0 Å². The predicted octanol–water partition coefficient (Wildman–Crippen LogP) is 2.84. The van der Waals surface area contributed by atoms with Crippen LogP contribution in [0, 0.1) is 0 Å². The number of rotatable bonds is 5. The predicted molar refractivity (Wildman–Crippen MR) is 81.7 cm³/mol. The van der Waals surface area contributed by atoms with Crippen LogP contribution in [-0.4, -0.2) is 18.1 Å². The maximum absolute atomic E-state index is 11.2. The number of aliphatic hydroxyl groups excluding tert-OH is 1. The first kappa shape index (κ1) is 15.3. The number of aliphatic hydroxyl groups is 1. The molecule has 3 N–H and O–H groups in total. The second kappa shape index (κ2) is 6.60. The van der Waals surface area contributed by atoms with Crippen LogP contribution in [0.4, 0.5) is 0 Å². The maximum Gasteiger partial charge on any atom is 0.249 e. The molecule has 21 heavy (non-hydrogen) atoms. The number of hydrogen-bond donors (Lipinski definition) is 2. The molecule has 2 aromatic rings. The number of amides is 1. The Morgan fingerprint density at radius 1 is 1.24 bits per heavy atom. The van der Waals surface area contributed by atoms with Gasteiger partial charge in [0.15, 0.2) is 11.5 Å². The van der Waals surface area contributed by atoms with E-state index in [0.717, 1.165) is 5.56 Å². The van der Waals surface area contributed by atoms with Crippen molar-refractivity contribution < 1.29 is 19.4 Å². The molecular weight excluding hydrogens is 338 g/mol. The third-order valence-corrected chi connectivity index (χ3v) is 3.50. The van der Waals surface area contributed by atoms with Gasteiger partial charge in [0.25, 0.3) is 0 Å². The second-order valence-electron chi connectivity index (χ2n) is 4.25. The van der Waals surface area contributed by atoms with Crippen molar-refractivity contribution in [3.63, 3.8) is 0 Å². The van der Waals surface area contributed by atoms with E-state index in [-0.39, 0.29) is 6.61 Å². The Bertz CT molecular complexity index is 673. The van der Waals surface area contributed by atoms with Crippen molar-refractivity contribution in [2.45, 2.75) is 6.61 Å². The first-order chi connectivity index (χ1) is 10.0. The van der Waals surface area contributed by atoms with Crippen molar-refractivity contribution in [3.05, 3.63) is 52.0 Å². The van der Waals surface area contributed by atoms with Gasteiger partial charge >= 0.3 is 0 Å². The Kier molecular flexibility index (Phi) is 4.82. The molecule has 0 aliphatic heterocycles. The number of primary amides is 1. The Morgan fingerprint density at radius 3 is 2.57 bits per heavy atom. The summed E-state index contributed by atoms with van der Waals surface area (Å²) in [6, 6.07) is 10.0. The van der Waals surface area contributed by atoms with Gasteiger partial charge in [0, 0.05) is 4.47 Å². The highest BCUT2D eigenvalue weighted by atomic mass is 79.9. The topological polar surface area (TPSA) is 81.8 Å². The second-order valence-corrected chi connectivity index (χ2v) is 5.11. The summed E-state index contributed by atoms with van der Waals surface area (Å²) in [5.41, 5.74) is 6.35. The summed E-state index contributed by atoms with van der Waals surface area (Å²) < 4.78 is 11.5. The zero-order chi connectivity index (χ0) is 15.4. The smallest absolute Gasteiger partial charge is 0.249 e. The SMILES string of the molecule is COc1cc(CO)ccc1Oc1ccc(C(N)=O)c(Br)c1. The lowest BCUT2D eigenvalue weighted by atomic mass is 10.2. The molecule has 0 saturated carbocycles. The zero-order valence-electron chi connectivity index (χ0n) is 11.3. The molecule has 5 nitrogen and oxygen atoms in total. The van der Waals surface area contributed by atoms with Crippen LogP contribution in [0.1, 0.15) is 15.9 Å². The van der Waals surface area contributed by atoms with Gasteiger partial charge in [-0.25, -0.2) is 0 Å². The normalized spacial score (nSPS) is 10.2. The van der Waals surface area contributed by atoms with E-state index in [1.165, 1.54) is 7.11 Å². The molecule has 6 heteroatoms. The van der Waals surface area contributed by atoms with E-state index in [4.69, 9.17) is 20.3 Å². The van der Waals surface area contributed by atoms with Crippen LogP contribution in [-0.2, 0) is 6.61 Å². The summed E-state index contributed by atoms with van der Waals surface area (Å²) in [7, 11) is 1.52. The standard InChI is InChI=1S/C15H14BrNO4/c1-20-14-6-9(8-18)2-5-13(14)21-10-3-4-11(15(17)19)12(16)7-10/h2-7,18H,8H2,1H3,(H2,17,19). The summed E-state index contributed by atoms with van der Waals surface area (Å²) in [4.78, 5) is 11.2. The minimum atomic E-state index is -0.515. The van der Waals surface area contributed by atoms with Crippen LogP contribution in [0.15, 0.2) is 40.9 Å². The molecule has 2 aromatic carbocycles. The molecule has 0 unspecified atom stereocenters. The van der Waals surface area contributed by atoms with Gasteiger partial charge in [-0.15, -0.1) is 0 Å². The minimum absolute atomic E-state index is 0.0739. The highest BCUT2D eigenvalue weighted by Crippen LogP contribution is 2.34. The number of halogens is 1. The lowest BCUT2D eigenvalue weighted by molar-refractivity contribution is 0.0999. The molecule has 0 radical (unpaired) electrons. The first-order valence-corrected chi connectivity index (χ1v) is 6.89. The van der Waals surface area contributed by atoms with Crippen LogP contribution < -0.4 is 15.2 Å². The van der Waals surface area contributed by atoms with Crippen LogP contribution in [0.2, 0.25) is 0 Å². The Balaban J connectivity index is 2.30. The summed E-state index contributed by atoms with van der Waals surface area (Å²) in [5.74, 6) is 1.03. The Labute approximate surface area is 130 Å². The fraction of sp³-hybridized carbons (Fsp3) is 0.133. The molecule has 0 atom stereocenters. The van der Waals surface area contributed by atoms with E-state index >= 15 is 0 Å². The Morgan fingerprint density at radius 2 is 2.00 bits per heavy atom. The number of ether oxygens (including phenoxy) is 2. The maximum atomic E-state index is 11.2. The monoisotopic (exact) mass is 351 g/mol. The van der Waals surface area contributed by atoms with E-state index < -0.39 is 5.91 Å². The summed E-state index contributed by atoms with van der Waals surface area (Å²) in [5, 5.41) is 9.11. The van der Waals surface area contributed by atoms with E-state index in [9.17, 15) is 4.79 Å². The number of hydrogen-bond acceptors (Lipinski definition) is 4. The summed E-state index contributed by atoms with van der Waals surface area (Å²) in [6.07, 6.45) is 0. The molecule has 0 bridgehead atoms. The van der Waals surface area contributed by atoms with Crippen molar-refractivity contribution in [2.24, 2.45) is 5.73 Å². The van der Waals surface area contributed by atoms with Crippen LogP contribution in [0.25, 0.3) is 0 Å². The molecule has 2 rings (SSSR count). The van der Waals surface area contributed by atoms with Gasteiger partial charge in [-0.3, -0.25) is 4.79 Å². The third-order valence-electron chi connectivity index (χ3n) is 2.84. The third kappa shape index (κ3) is 3.53. The number of methoxy groups -OCH3 is 1. The molecule has 0 spiro atoms. The number of benzene rings is 2. The molecule has 0 fully saturated rings. The van der Waals surface area contributed by atoms with E-state index in [2.05, 4.69) is 15.9 Å². The van der Waals surface area contributed by atoms with E-state index in [0.29, 0.717) is 27.3 Å². The molecule has 0 heterocycles. The van der Waals surface area contributed by atoms with Crippen molar-refractivity contribution >= 4 is 21.8 Å². The average molecular weight is 352 g/mol. The summed E-state index contributed by atoms with van der Waals surface area (Å²) >= 11 is 3.27. The molecule has 0 aromatic heterocycles. The van der Waals surface area contributed by atoms with Gasteiger partial charge < -0.3 is 20.3 Å². The number of nitrogens with two attached hydrogens (primary N) is 1. The Hall–Kier alpha value is -2.05. The van der Waals surface area contributed by atoms with Crippen molar-refractivity contribution in [1.29, 1.82) is 0 Å². The van der Waals surface area contributed by atoms with E-state index in [1.54, 1.807) is 36.4 Å². The van der Waals surface area contributed by atoms with Gasteiger partial charge in [0.1, 0.15) is 5.75 Å². The fourth-order valence-electron chi connectivity index (χ4n) is 1.78. The minimum Gasteiger partial charge on any atom is -0.493 e. The molecular formula is C15H14BrNO4. The molecule has 0 saturated heterocycles. The number of carbonyl (C=O) groups excluding carboxylic acids is 1. The lowest BCUT2D eigenvalue weighted by Gasteiger charge is -2.12. The largest absolute Gasteiger partial charge is 0.493 e. The first-order valence-electron chi connectivity index (χ1n) is 6.10. The highest BCUT2D eigenvalue weighted by Gasteiger charge is 2.10. The van der Waals surface area contributed by atoms with Gasteiger partial charge in [0.2, 0.25) is 5.91 Å². The molecule has 110 valence electrons. The van der Waals surface area contributed by atoms with Crippen LogP contribution >= 0.6 is 15.9 Å². The number of carbonyl (C=O) groups is 1. The van der Waals surface area contributed by atoms with Crippen LogP contribution in [0.5, 0.6) is 17.2 Å². The van der Waals surface area contributed by atoms with Gasteiger partial charge in [-0.1, -0.05) is 6.07 Å². The van der Waals surface area contributed by atoms with Gasteiger partial charge in [-0.05, 0) is 51.8 Å². The average Bonchev–Trinajstić information content (AvgIpc) is 2.47. The quantitative estimate of drug-likeness (QED) is 0.867. The van der Waals surface area contributed by atoms with Gasteiger partial charge in [-0.2, -0.15) is 0 Å². The highest BCUT2D eigenvalue weighted by molar-refractivity contribution is 9.10. The molecule has 1 amide bonds. The van der Waals surface area contributed by atoms with Gasteiger partial charge in [0.05, 0.1) is 19.3 Å². The molecule has 0 aliphatic rings. The molecule has 0 aliphatic carbocycles. The fourth-order valence-corrected chi connectivity index (χ4v) is 2.33. The van der Waals surface area contributed by atoms with E-state index in [1.807, 2.05) is 0 Å². The summed E-state index contributed by atoms with van der Waals surface area (Å²) in [6.45, 7) is -0.0739. The van der Waals surface area contributed by atoms with Crippen molar-refractivity contribution in [2.75, 3.05) is 7.11 Å². The van der Waals surface area contributed by atoms with Crippen LogP contribution in [0.3, 0.4) is 0 Å². The lowest BCUT2D eigenvalue weighted by Crippen LogP contribution is -2.11.